The van der Waals surface area contributed by atoms with Crippen LogP contribution < -0.4 is 5.32 Å². The average Bonchev–Trinajstić information content (AvgIpc) is 3.25. The van der Waals surface area contributed by atoms with Gasteiger partial charge in [0.2, 0.25) is 5.91 Å². The molecule has 354 valence electrons. The number of aliphatic hydroxyl groups is 2. The maximum absolute atomic E-state index is 12.4. The van der Waals surface area contributed by atoms with Crippen molar-refractivity contribution < 1.29 is 24.5 Å². The molecule has 0 aliphatic rings. The smallest absolute Gasteiger partial charge is 0.305 e. The lowest BCUT2D eigenvalue weighted by Gasteiger charge is -2.20. The summed E-state index contributed by atoms with van der Waals surface area (Å²) in [5.41, 5.74) is 0. The third-order valence-electron chi connectivity index (χ3n) is 12.2. The van der Waals surface area contributed by atoms with Crippen LogP contribution in [0.25, 0.3) is 0 Å². The number of amides is 1. The van der Waals surface area contributed by atoms with Gasteiger partial charge in [-0.15, -0.1) is 0 Å². The van der Waals surface area contributed by atoms with Gasteiger partial charge in [-0.2, -0.15) is 0 Å². The lowest BCUT2D eigenvalue weighted by atomic mass is 10.0. The molecule has 0 aromatic carbocycles. The lowest BCUT2D eigenvalue weighted by molar-refractivity contribution is -0.143. The topological polar surface area (TPSA) is 95.9 Å². The Morgan fingerprint density at radius 3 is 1.22 bits per heavy atom. The predicted octanol–water partition coefficient (Wildman–Crippen LogP) is 15.9. The first-order chi connectivity index (χ1) is 29.5. The monoisotopic (exact) mass is 846 g/mol. The van der Waals surface area contributed by atoms with E-state index in [0.717, 1.165) is 44.9 Å². The highest BCUT2D eigenvalue weighted by Crippen LogP contribution is 2.16. The summed E-state index contributed by atoms with van der Waals surface area (Å²) in [6.45, 7) is 4.85. The number of allylic oxidation sites excluding steroid dienone is 3. The van der Waals surface area contributed by atoms with Gasteiger partial charge in [0.1, 0.15) is 0 Å². The van der Waals surface area contributed by atoms with E-state index in [1.807, 2.05) is 6.08 Å². The van der Waals surface area contributed by atoms with Crippen LogP contribution in [0.3, 0.4) is 0 Å². The molecule has 3 N–H and O–H groups in total. The van der Waals surface area contributed by atoms with Gasteiger partial charge >= 0.3 is 5.97 Å². The Hall–Kier alpha value is -1.66. The average molecular weight is 846 g/mol. The molecule has 0 spiro atoms. The number of aliphatic hydroxyl groups excluding tert-OH is 2. The fourth-order valence-electron chi connectivity index (χ4n) is 8.10. The van der Waals surface area contributed by atoms with Crippen LogP contribution in [0.15, 0.2) is 24.3 Å². The Bertz CT molecular complexity index is 935. The van der Waals surface area contributed by atoms with E-state index in [2.05, 4.69) is 31.3 Å². The van der Waals surface area contributed by atoms with Crippen molar-refractivity contribution in [1.29, 1.82) is 0 Å². The highest BCUT2D eigenvalue weighted by atomic mass is 16.5. The molecule has 0 rings (SSSR count). The molecule has 0 radical (unpaired) electrons. The molecule has 0 aromatic rings. The maximum atomic E-state index is 12.4. The molecule has 0 heterocycles. The van der Waals surface area contributed by atoms with Crippen LogP contribution in [0.1, 0.15) is 284 Å². The molecule has 0 aliphatic heterocycles. The van der Waals surface area contributed by atoms with Gasteiger partial charge in [0.25, 0.3) is 0 Å². The van der Waals surface area contributed by atoms with Crippen molar-refractivity contribution in [2.45, 2.75) is 296 Å². The van der Waals surface area contributed by atoms with Crippen LogP contribution in [-0.2, 0) is 14.3 Å². The highest BCUT2D eigenvalue weighted by molar-refractivity contribution is 5.76. The van der Waals surface area contributed by atoms with E-state index in [4.69, 9.17) is 4.74 Å². The van der Waals surface area contributed by atoms with Crippen LogP contribution in [-0.4, -0.2) is 47.4 Å². The Morgan fingerprint density at radius 1 is 0.450 bits per heavy atom. The SMILES string of the molecule is CCCCC/C=C\CCCCCCCC(=O)OCCCCCCCCCCCCCCCCCCCCCCCC(=O)NC(CO)C(O)/C=C/CCCCCCCCCC. The summed E-state index contributed by atoms with van der Waals surface area (Å²) < 4.78 is 5.46. The first-order valence-electron chi connectivity index (χ1n) is 26.6. The van der Waals surface area contributed by atoms with Crippen molar-refractivity contribution in [3.8, 4) is 0 Å². The minimum atomic E-state index is -0.842. The third kappa shape index (κ3) is 45.9. The minimum Gasteiger partial charge on any atom is -0.466 e. The van der Waals surface area contributed by atoms with E-state index in [1.165, 1.54) is 212 Å². The number of rotatable bonds is 49. The summed E-state index contributed by atoms with van der Waals surface area (Å²) in [6.07, 6.45) is 59.1. The third-order valence-corrected chi connectivity index (χ3v) is 12.2. The highest BCUT2D eigenvalue weighted by Gasteiger charge is 2.18. The molecule has 2 atom stereocenters. The van der Waals surface area contributed by atoms with E-state index in [0.29, 0.717) is 19.4 Å². The Kier molecular flexibility index (Phi) is 48.6. The van der Waals surface area contributed by atoms with Crippen molar-refractivity contribution in [1.82, 2.24) is 5.32 Å². The molecule has 0 fully saturated rings. The molecule has 2 unspecified atom stereocenters. The first kappa shape index (κ1) is 58.3. The molecule has 0 aliphatic carbocycles. The van der Waals surface area contributed by atoms with Crippen LogP contribution in [0, 0.1) is 0 Å². The molecule has 0 aromatic heterocycles. The summed E-state index contributed by atoms with van der Waals surface area (Å²) >= 11 is 0. The summed E-state index contributed by atoms with van der Waals surface area (Å²) in [4.78, 5) is 24.4. The zero-order valence-corrected chi connectivity index (χ0v) is 40.2. The van der Waals surface area contributed by atoms with Gasteiger partial charge in [0.05, 0.1) is 25.4 Å². The number of carbonyl (C=O) groups is 2. The lowest BCUT2D eigenvalue weighted by Crippen LogP contribution is -2.45. The molecule has 0 bridgehead atoms. The van der Waals surface area contributed by atoms with Crippen LogP contribution in [0.5, 0.6) is 0 Å². The first-order valence-corrected chi connectivity index (χ1v) is 26.6. The molecule has 60 heavy (non-hydrogen) atoms. The Balaban J connectivity index is 3.39. The van der Waals surface area contributed by atoms with E-state index in [-0.39, 0.29) is 18.5 Å². The van der Waals surface area contributed by atoms with E-state index < -0.39 is 12.1 Å². The number of esters is 1. The van der Waals surface area contributed by atoms with Gasteiger partial charge in [0.15, 0.2) is 0 Å². The fraction of sp³-hybridized carbons (Fsp3) is 0.889. The maximum Gasteiger partial charge on any atom is 0.305 e. The van der Waals surface area contributed by atoms with Crippen molar-refractivity contribution in [2.75, 3.05) is 13.2 Å². The Labute approximate surface area is 373 Å². The van der Waals surface area contributed by atoms with Crippen LogP contribution >= 0.6 is 0 Å². The van der Waals surface area contributed by atoms with Gasteiger partial charge in [-0.3, -0.25) is 9.59 Å². The number of carbonyl (C=O) groups excluding carboxylic acids is 2. The molecule has 0 saturated carbocycles. The zero-order chi connectivity index (χ0) is 43.7. The standard InChI is InChI=1S/C54H103NO5/c1-3-5-7-9-11-13-15-28-32-36-40-44-48-54(59)60-49-45-41-37-33-29-26-24-22-20-18-16-17-19-21-23-25-27-31-35-39-43-47-53(58)55-51(50-56)52(57)46-42-38-34-30-14-12-10-8-6-4-2/h11,13,42,46,51-52,56-57H,3-10,12,14-41,43-45,47-50H2,1-2H3,(H,55,58)/b13-11-,46-42+. The number of nitrogens with one attached hydrogen (secondary N) is 1. The van der Waals surface area contributed by atoms with E-state index >= 15 is 0 Å². The van der Waals surface area contributed by atoms with Gasteiger partial charge in [-0.05, 0) is 57.8 Å². The number of unbranched alkanes of at least 4 members (excludes halogenated alkanes) is 36. The largest absolute Gasteiger partial charge is 0.466 e. The van der Waals surface area contributed by atoms with Crippen molar-refractivity contribution in [3.05, 3.63) is 24.3 Å². The molecule has 6 heteroatoms. The normalized spacial score (nSPS) is 12.8. The van der Waals surface area contributed by atoms with Crippen LogP contribution in [0.4, 0.5) is 0 Å². The zero-order valence-electron chi connectivity index (χ0n) is 40.2. The molecule has 6 nitrogen and oxygen atoms in total. The van der Waals surface area contributed by atoms with Gasteiger partial charge in [-0.25, -0.2) is 0 Å². The summed E-state index contributed by atoms with van der Waals surface area (Å²) in [5.74, 6) is -0.0702. The van der Waals surface area contributed by atoms with Crippen molar-refractivity contribution in [2.24, 2.45) is 0 Å². The number of hydrogen-bond acceptors (Lipinski definition) is 5. The predicted molar refractivity (Wildman–Crippen MR) is 260 cm³/mol. The second-order valence-electron chi connectivity index (χ2n) is 18.2. The molecular weight excluding hydrogens is 743 g/mol. The molecule has 1 amide bonds. The van der Waals surface area contributed by atoms with Gasteiger partial charge in [0, 0.05) is 12.8 Å². The summed E-state index contributed by atoms with van der Waals surface area (Å²) in [5, 5.41) is 22.9. The fourth-order valence-corrected chi connectivity index (χ4v) is 8.10. The second kappa shape index (κ2) is 50.0. The Morgan fingerprint density at radius 2 is 0.783 bits per heavy atom. The van der Waals surface area contributed by atoms with Crippen molar-refractivity contribution in [3.63, 3.8) is 0 Å². The number of ether oxygens (including phenoxy) is 1. The van der Waals surface area contributed by atoms with E-state index in [9.17, 15) is 19.8 Å². The number of hydrogen-bond donors (Lipinski definition) is 3. The second-order valence-corrected chi connectivity index (χ2v) is 18.2. The molecular formula is C54H103NO5. The summed E-state index contributed by atoms with van der Waals surface area (Å²) in [6, 6.07) is -0.626. The van der Waals surface area contributed by atoms with Crippen molar-refractivity contribution >= 4 is 11.9 Å². The van der Waals surface area contributed by atoms with Gasteiger partial charge in [-0.1, -0.05) is 237 Å². The van der Waals surface area contributed by atoms with Crippen LogP contribution in [0.2, 0.25) is 0 Å². The van der Waals surface area contributed by atoms with E-state index in [1.54, 1.807) is 6.08 Å². The minimum absolute atomic E-state index is 0.000823. The molecule has 0 saturated heterocycles. The quantitative estimate of drug-likeness (QED) is 0.0322. The summed E-state index contributed by atoms with van der Waals surface area (Å²) in [7, 11) is 0. The van der Waals surface area contributed by atoms with Gasteiger partial charge < -0.3 is 20.3 Å².